The van der Waals surface area contributed by atoms with E-state index in [4.69, 9.17) is 0 Å². The Hall–Kier alpha value is -2.74. The zero-order valence-electron chi connectivity index (χ0n) is 15.0. The van der Waals surface area contributed by atoms with Gasteiger partial charge in [0.1, 0.15) is 7.05 Å². The van der Waals surface area contributed by atoms with E-state index in [1.54, 1.807) is 0 Å². The standard InChI is InChI=1S/C23H23N2/c1-23(2)20-14-13-17-9-7-8-12-19(17)22(20)25(3)21(23)15-16-24-18-10-5-4-6-11-18/h4-14,16H,15H2,1-3H3/q+1. The lowest BCUT2D eigenvalue weighted by atomic mass is 9.80. The number of hydrogen-bond acceptors (Lipinski definition) is 1. The Morgan fingerprint density at radius 1 is 0.920 bits per heavy atom. The molecule has 4 rings (SSSR count). The Morgan fingerprint density at radius 2 is 1.64 bits per heavy atom. The number of aliphatic imine (C=N–C) groups is 1. The van der Waals surface area contributed by atoms with Crippen molar-refractivity contribution in [2.45, 2.75) is 25.7 Å². The van der Waals surface area contributed by atoms with Crippen LogP contribution in [0.3, 0.4) is 0 Å². The molecule has 3 aromatic rings. The van der Waals surface area contributed by atoms with Gasteiger partial charge < -0.3 is 0 Å². The van der Waals surface area contributed by atoms with E-state index in [1.165, 1.54) is 27.7 Å². The molecule has 0 fully saturated rings. The van der Waals surface area contributed by atoms with Crippen molar-refractivity contribution in [1.82, 2.24) is 0 Å². The smallest absolute Gasteiger partial charge is 0.217 e. The first-order valence-corrected chi connectivity index (χ1v) is 8.79. The first-order chi connectivity index (χ1) is 12.1. The van der Waals surface area contributed by atoms with E-state index in [0.717, 1.165) is 12.1 Å². The molecule has 2 nitrogen and oxygen atoms in total. The predicted octanol–water partition coefficient (Wildman–Crippen LogP) is 5.64. The highest BCUT2D eigenvalue weighted by Crippen LogP contribution is 2.43. The molecule has 1 aliphatic rings. The van der Waals surface area contributed by atoms with Crippen molar-refractivity contribution >= 4 is 34.1 Å². The second kappa shape index (κ2) is 5.96. The maximum atomic E-state index is 4.62. The maximum Gasteiger partial charge on any atom is 0.217 e. The van der Waals surface area contributed by atoms with Gasteiger partial charge in [0.2, 0.25) is 5.69 Å². The van der Waals surface area contributed by atoms with E-state index in [2.05, 4.69) is 66.9 Å². The summed E-state index contributed by atoms with van der Waals surface area (Å²) in [5, 5.41) is 2.62. The molecule has 0 aromatic heterocycles. The van der Waals surface area contributed by atoms with Crippen LogP contribution in [0.25, 0.3) is 10.8 Å². The third-order valence-corrected chi connectivity index (χ3v) is 5.32. The lowest BCUT2D eigenvalue weighted by Crippen LogP contribution is -2.28. The first kappa shape index (κ1) is 15.8. The average molecular weight is 327 g/mol. The van der Waals surface area contributed by atoms with Crippen molar-refractivity contribution < 1.29 is 4.58 Å². The highest BCUT2D eigenvalue weighted by molar-refractivity contribution is 6.06. The zero-order chi connectivity index (χ0) is 17.4. The minimum atomic E-state index is 0.0107. The van der Waals surface area contributed by atoms with Gasteiger partial charge in [-0.05, 0) is 37.4 Å². The molecule has 124 valence electrons. The van der Waals surface area contributed by atoms with Crippen LogP contribution in [-0.2, 0) is 5.41 Å². The minimum absolute atomic E-state index is 0.0107. The summed E-state index contributed by atoms with van der Waals surface area (Å²) in [4.78, 5) is 4.62. The van der Waals surface area contributed by atoms with Gasteiger partial charge in [-0.1, -0.05) is 48.5 Å². The van der Waals surface area contributed by atoms with E-state index < -0.39 is 0 Å². The highest BCUT2D eigenvalue weighted by Gasteiger charge is 2.44. The topological polar surface area (TPSA) is 15.4 Å². The first-order valence-electron chi connectivity index (χ1n) is 8.79. The SMILES string of the molecule is C[N+]1=C(CC=Nc2ccccc2)C(C)(C)c2ccc3ccccc3c21. The summed E-state index contributed by atoms with van der Waals surface area (Å²) in [5.41, 5.74) is 5.14. The predicted molar refractivity (Wildman–Crippen MR) is 107 cm³/mol. The molecule has 0 unspecified atom stereocenters. The molecule has 0 bridgehead atoms. The van der Waals surface area contributed by atoms with Crippen LogP contribution in [0.15, 0.2) is 71.7 Å². The van der Waals surface area contributed by atoms with Crippen LogP contribution < -0.4 is 0 Å². The van der Waals surface area contributed by atoms with Crippen molar-refractivity contribution in [3.63, 3.8) is 0 Å². The van der Waals surface area contributed by atoms with Gasteiger partial charge in [-0.25, -0.2) is 4.58 Å². The van der Waals surface area contributed by atoms with Crippen LogP contribution in [0.1, 0.15) is 25.8 Å². The molecule has 0 aliphatic carbocycles. The van der Waals surface area contributed by atoms with E-state index in [-0.39, 0.29) is 5.41 Å². The van der Waals surface area contributed by atoms with Gasteiger partial charge in [-0.2, -0.15) is 0 Å². The molecule has 0 amide bonds. The van der Waals surface area contributed by atoms with Crippen LogP contribution in [0.2, 0.25) is 0 Å². The van der Waals surface area contributed by atoms with Gasteiger partial charge in [0.05, 0.1) is 22.9 Å². The van der Waals surface area contributed by atoms with Gasteiger partial charge in [0, 0.05) is 11.8 Å². The minimum Gasteiger partial charge on any atom is -0.261 e. The maximum absolute atomic E-state index is 4.62. The lowest BCUT2D eigenvalue weighted by molar-refractivity contribution is -0.401. The summed E-state index contributed by atoms with van der Waals surface area (Å²) in [6.07, 6.45) is 2.89. The van der Waals surface area contributed by atoms with Gasteiger partial charge in [0.25, 0.3) is 0 Å². The van der Waals surface area contributed by atoms with Crippen molar-refractivity contribution in [2.75, 3.05) is 7.05 Å². The molecule has 0 radical (unpaired) electrons. The molecule has 1 aliphatic heterocycles. The van der Waals surface area contributed by atoms with E-state index in [0.29, 0.717) is 0 Å². The third kappa shape index (κ3) is 2.58. The van der Waals surface area contributed by atoms with Crippen LogP contribution in [-0.4, -0.2) is 23.5 Å². The Morgan fingerprint density at radius 3 is 2.44 bits per heavy atom. The molecule has 1 heterocycles. The molecule has 25 heavy (non-hydrogen) atoms. The van der Waals surface area contributed by atoms with Crippen molar-refractivity contribution in [3.05, 3.63) is 72.3 Å². The average Bonchev–Trinajstić information content (AvgIpc) is 2.83. The Balaban J connectivity index is 1.75. The van der Waals surface area contributed by atoms with Crippen LogP contribution >= 0.6 is 0 Å². The van der Waals surface area contributed by atoms with Gasteiger partial charge >= 0.3 is 0 Å². The van der Waals surface area contributed by atoms with E-state index in [1.807, 2.05) is 36.5 Å². The number of nitrogens with zero attached hydrogens (tertiary/aromatic N) is 2. The molecule has 0 spiro atoms. The Labute approximate surface area is 149 Å². The van der Waals surface area contributed by atoms with Gasteiger partial charge in [-0.15, -0.1) is 0 Å². The largest absolute Gasteiger partial charge is 0.261 e. The molecule has 0 atom stereocenters. The van der Waals surface area contributed by atoms with Crippen molar-refractivity contribution in [2.24, 2.45) is 4.99 Å². The summed E-state index contributed by atoms with van der Waals surface area (Å²) in [6.45, 7) is 4.63. The Bertz CT molecular complexity index is 995. The fraction of sp³-hybridized carbons (Fsp3) is 0.217. The van der Waals surface area contributed by atoms with Gasteiger partial charge in [-0.3, -0.25) is 4.99 Å². The van der Waals surface area contributed by atoms with Crippen LogP contribution in [0.5, 0.6) is 0 Å². The zero-order valence-corrected chi connectivity index (χ0v) is 15.0. The van der Waals surface area contributed by atoms with Gasteiger partial charge in [0.15, 0.2) is 5.71 Å². The highest BCUT2D eigenvalue weighted by atomic mass is 15.0. The molecular weight excluding hydrogens is 304 g/mol. The second-order valence-corrected chi connectivity index (χ2v) is 7.16. The second-order valence-electron chi connectivity index (χ2n) is 7.16. The normalized spacial score (nSPS) is 16.0. The van der Waals surface area contributed by atoms with Crippen LogP contribution in [0, 0.1) is 0 Å². The lowest BCUT2D eigenvalue weighted by Gasteiger charge is -2.16. The summed E-state index contributed by atoms with van der Waals surface area (Å²) < 4.78 is 2.37. The summed E-state index contributed by atoms with van der Waals surface area (Å²) in [6, 6.07) is 23.3. The van der Waals surface area contributed by atoms with E-state index in [9.17, 15) is 0 Å². The summed E-state index contributed by atoms with van der Waals surface area (Å²) >= 11 is 0. The van der Waals surface area contributed by atoms with E-state index >= 15 is 0 Å². The quantitative estimate of drug-likeness (QED) is 0.437. The summed E-state index contributed by atoms with van der Waals surface area (Å²) in [7, 11) is 2.19. The molecule has 3 aromatic carbocycles. The third-order valence-electron chi connectivity index (χ3n) is 5.32. The number of fused-ring (bicyclic) bond motifs is 3. The number of rotatable bonds is 3. The molecule has 2 heteroatoms. The molecule has 0 N–H and O–H groups in total. The molecular formula is C23H23N2+. The fourth-order valence-electron chi connectivity index (χ4n) is 3.97. The van der Waals surface area contributed by atoms with Crippen LogP contribution in [0.4, 0.5) is 11.4 Å². The van der Waals surface area contributed by atoms with Crippen molar-refractivity contribution in [1.29, 1.82) is 0 Å². The fourth-order valence-corrected chi connectivity index (χ4v) is 3.97. The molecule has 0 saturated carbocycles. The van der Waals surface area contributed by atoms with Crippen molar-refractivity contribution in [3.8, 4) is 0 Å². The number of hydrogen-bond donors (Lipinski definition) is 0. The number of benzene rings is 3. The Kier molecular flexibility index (Phi) is 3.76. The summed E-state index contributed by atoms with van der Waals surface area (Å²) in [5.74, 6) is 0. The molecule has 0 saturated heterocycles. The monoisotopic (exact) mass is 327 g/mol. The number of para-hydroxylation sites is 1.